The molecule has 0 bridgehead atoms. The van der Waals surface area contributed by atoms with Gasteiger partial charge in [0.1, 0.15) is 0 Å². The number of unbranched alkanes of at least 4 members (excludes halogenated alkanes) is 1. The second-order valence-electron chi connectivity index (χ2n) is 3.89. The molecule has 0 aromatic heterocycles. The highest BCUT2D eigenvalue weighted by molar-refractivity contribution is 5.96. The molecule has 1 amide bonds. The maximum absolute atomic E-state index is 13.3. The van der Waals surface area contributed by atoms with Gasteiger partial charge in [-0.1, -0.05) is 0 Å². The number of benzene rings is 1. The Bertz CT molecular complexity index is 552. The number of hydrogen-bond acceptors (Lipinski definition) is 4. The van der Waals surface area contributed by atoms with E-state index in [4.69, 9.17) is 5.26 Å². The van der Waals surface area contributed by atoms with Gasteiger partial charge in [-0.15, -0.1) is 0 Å². The minimum atomic E-state index is -0.969. The van der Waals surface area contributed by atoms with Crippen molar-refractivity contribution in [2.75, 3.05) is 6.54 Å². The molecule has 0 unspecified atom stereocenters. The van der Waals surface area contributed by atoms with Crippen molar-refractivity contribution in [2.45, 2.75) is 19.8 Å². The van der Waals surface area contributed by atoms with Crippen molar-refractivity contribution in [3.8, 4) is 6.07 Å². The summed E-state index contributed by atoms with van der Waals surface area (Å²) in [6.45, 7) is 1.79. The zero-order chi connectivity index (χ0) is 14.4. The molecule has 0 fully saturated rings. The molecule has 6 nitrogen and oxygen atoms in total. The number of aryl methyl sites for hydroxylation is 1. The smallest absolute Gasteiger partial charge is 0.305 e. The maximum Gasteiger partial charge on any atom is 0.305 e. The van der Waals surface area contributed by atoms with Crippen LogP contribution in [-0.2, 0) is 0 Å². The Morgan fingerprint density at radius 2 is 2.26 bits per heavy atom. The van der Waals surface area contributed by atoms with E-state index in [0.29, 0.717) is 18.4 Å². The maximum atomic E-state index is 13.3. The highest BCUT2D eigenvalue weighted by Crippen LogP contribution is 2.21. The third-order valence-corrected chi connectivity index (χ3v) is 2.49. The van der Waals surface area contributed by atoms with E-state index in [0.717, 1.165) is 12.1 Å². The van der Waals surface area contributed by atoms with E-state index in [1.807, 2.05) is 6.07 Å². The fourth-order valence-corrected chi connectivity index (χ4v) is 1.51. The molecule has 1 N–H and O–H groups in total. The predicted molar refractivity (Wildman–Crippen MR) is 65.0 cm³/mol. The largest absolute Gasteiger partial charge is 0.352 e. The Kier molecular flexibility index (Phi) is 4.94. The quantitative estimate of drug-likeness (QED) is 0.500. The topological polar surface area (TPSA) is 96.0 Å². The van der Waals surface area contributed by atoms with E-state index in [9.17, 15) is 19.3 Å². The van der Waals surface area contributed by atoms with Gasteiger partial charge in [-0.05, 0) is 25.0 Å². The summed E-state index contributed by atoms with van der Waals surface area (Å²) in [6, 6.07) is 3.82. The number of nitrogens with one attached hydrogen (secondary N) is 1. The third-order valence-electron chi connectivity index (χ3n) is 2.49. The number of nitrogens with zero attached hydrogens (tertiary/aromatic N) is 2. The van der Waals surface area contributed by atoms with Crippen molar-refractivity contribution in [1.82, 2.24) is 5.32 Å². The molecule has 1 rings (SSSR count). The van der Waals surface area contributed by atoms with Gasteiger partial charge in [-0.3, -0.25) is 14.9 Å². The molecule has 7 heteroatoms. The third kappa shape index (κ3) is 3.74. The molecular weight excluding hydrogens is 253 g/mol. The summed E-state index contributed by atoms with van der Waals surface area (Å²) in [5.74, 6) is -1.48. The van der Waals surface area contributed by atoms with Crippen LogP contribution in [0, 0.1) is 34.2 Å². The van der Waals surface area contributed by atoms with E-state index in [1.165, 1.54) is 6.92 Å². The molecule has 0 saturated carbocycles. The number of nitro groups is 1. The summed E-state index contributed by atoms with van der Waals surface area (Å²) in [7, 11) is 0. The Labute approximate surface area is 109 Å². The fourth-order valence-electron chi connectivity index (χ4n) is 1.51. The normalized spacial score (nSPS) is 9.74. The lowest BCUT2D eigenvalue weighted by Crippen LogP contribution is -2.25. The second-order valence-corrected chi connectivity index (χ2v) is 3.89. The molecular formula is C12H12FN3O3. The lowest BCUT2D eigenvalue weighted by Gasteiger charge is -2.07. The van der Waals surface area contributed by atoms with Gasteiger partial charge in [0.2, 0.25) is 5.82 Å². The molecule has 19 heavy (non-hydrogen) atoms. The molecule has 0 aliphatic rings. The molecule has 0 saturated heterocycles. The van der Waals surface area contributed by atoms with Crippen LogP contribution in [-0.4, -0.2) is 17.4 Å². The summed E-state index contributed by atoms with van der Waals surface area (Å²) in [5.41, 5.74) is -0.348. The van der Waals surface area contributed by atoms with Crippen LogP contribution in [0.2, 0.25) is 0 Å². The van der Waals surface area contributed by atoms with Crippen molar-refractivity contribution in [3.63, 3.8) is 0 Å². The van der Waals surface area contributed by atoms with E-state index >= 15 is 0 Å². The van der Waals surface area contributed by atoms with Crippen molar-refractivity contribution in [2.24, 2.45) is 0 Å². The summed E-state index contributed by atoms with van der Waals surface area (Å²) in [6.07, 6.45) is 0.799. The molecule has 1 aromatic rings. The van der Waals surface area contributed by atoms with Crippen LogP contribution in [0.4, 0.5) is 10.1 Å². The molecule has 0 heterocycles. The van der Waals surface area contributed by atoms with Crippen molar-refractivity contribution < 1.29 is 14.1 Å². The Balaban J connectivity index is 2.88. The standard InChI is InChI=1S/C12H12FN3O3/c1-8-6-10(13)11(16(18)19)7-9(8)12(17)15-5-3-2-4-14/h6-7H,2-3,5H2,1H3,(H,15,17). The number of nitriles is 1. The molecule has 0 aliphatic carbocycles. The van der Waals surface area contributed by atoms with Crippen LogP contribution in [0.5, 0.6) is 0 Å². The average Bonchev–Trinajstić information content (AvgIpc) is 2.34. The lowest BCUT2D eigenvalue weighted by atomic mass is 10.1. The Hall–Kier alpha value is -2.49. The van der Waals surface area contributed by atoms with E-state index in [2.05, 4.69) is 5.32 Å². The second kappa shape index (κ2) is 6.44. The lowest BCUT2D eigenvalue weighted by molar-refractivity contribution is -0.387. The monoisotopic (exact) mass is 265 g/mol. The number of nitro benzene ring substituents is 1. The summed E-state index contributed by atoms with van der Waals surface area (Å²) in [5, 5.41) is 21.5. The zero-order valence-electron chi connectivity index (χ0n) is 10.3. The number of rotatable bonds is 5. The molecule has 0 atom stereocenters. The van der Waals surface area contributed by atoms with Crippen molar-refractivity contribution in [1.29, 1.82) is 5.26 Å². The van der Waals surface area contributed by atoms with E-state index in [1.54, 1.807) is 0 Å². The number of halogens is 1. The first-order valence-corrected chi connectivity index (χ1v) is 5.57. The first kappa shape index (κ1) is 14.6. The van der Waals surface area contributed by atoms with Crippen molar-refractivity contribution in [3.05, 3.63) is 39.2 Å². The highest BCUT2D eigenvalue weighted by atomic mass is 19.1. The van der Waals surface area contributed by atoms with Crippen molar-refractivity contribution >= 4 is 11.6 Å². The summed E-state index contributed by atoms with van der Waals surface area (Å²) in [4.78, 5) is 21.5. The first-order chi connectivity index (χ1) is 8.97. The minimum absolute atomic E-state index is 0.0602. The molecule has 1 aromatic carbocycles. The minimum Gasteiger partial charge on any atom is -0.352 e. The molecule has 0 spiro atoms. The Morgan fingerprint density at radius 1 is 1.58 bits per heavy atom. The average molecular weight is 265 g/mol. The zero-order valence-corrected chi connectivity index (χ0v) is 10.3. The van der Waals surface area contributed by atoms with Crippen LogP contribution >= 0.6 is 0 Å². The van der Waals surface area contributed by atoms with Gasteiger partial charge < -0.3 is 5.32 Å². The SMILES string of the molecule is Cc1cc(F)c([N+](=O)[O-])cc1C(=O)NCCCC#N. The summed E-state index contributed by atoms with van der Waals surface area (Å²) >= 11 is 0. The van der Waals surface area contributed by atoms with Gasteiger partial charge in [0.05, 0.1) is 11.0 Å². The molecule has 100 valence electrons. The van der Waals surface area contributed by atoms with Gasteiger partial charge >= 0.3 is 5.69 Å². The van der Waals surface area contributed by atoms with Crippen LogP contribution in [0.15, 0.2) is 12.1 Å². The Morgan fingerprint density at radius 3 is 2.84 bits per heavy atom. The highest BCUT2D eigenvalue weighted by Gasteiger charge is 2.19. The van der Waals surface area contributed by atoms with Gasteiger partial charge in [0, 0.05) is 24.6 Å². The van der Waals surface area contributed by atoms with E-state index < -0.39 is 22.3 Å². The van der Waals surface area contributed by atoms with Gasteiger partial charge in [0.15, 0.2) is 0 Å². The van der Waals surface area contributed by atoms with Crippen LogP contribution in [0.1, 0.15) is 28.8 Å². The van der Waals surface area contributed by atoms with Crippen LogP contribution < -0.4 is 5.32 Å². The van der Waals surface area contributed by atoms with Gasteiger partial charge in [-0.25, -0.2) is 0 Å². The number of hydrogen-bond donors (Lipinski definition) is 1. The van der Waals surface area contributed by atoms with E-state index in [-0.39, 0.29) is 12.1 Å². The molecule has 0 aliphatic heterocycles. The van der Waals surface area contributed by atoms with Crippen LogP contribution in [0.3, 0.4) is 0 Å². The molecule has 0 radical (unpaired) electrons. The number of carbonyl (C=O) groups is 1. The number of carbonyl (C=O) groups excluding carboxylic acids is 1. The van der Waals surface area contributed by atoms with Gasteiger partial charge in [-0.2, -0.15) is 9.65 Å². The number of amides is 1. The van der Waals surface area contributed by atoms with Crippen LogP contribution in [0.25, 0.3) is 0 Å². The first-order valence-electron chi connectivity index (χ1n) is 5.57. The predicted octanol–water partition coefficient (Wildman–Crippen LogP) is 2.08. The summed E-state index contributed by atoms with van der Waals surface area (Å²) < 4.78 is 13.3. The fraction of sp³-hybridized carbons (Fsp3) is 0.333. The van der Waals surface area contributed by atoms with Gasteiger partial charge in [0.25, 0.3) is 5.91 Å².